The number of carboxylic acid groups (broad SMARTS) is 1. The number of rotatable bonds is 4. The van der Waals surface area contributed by atoms with Crippen molar-refractivity contribution in [3.8, 4) is 5.69 Å². The number of amides is 1. The molecule has 1 amide bonds. The van der Waals surface area contributed by atoms with Crippen LogP contribution in [0.2, 0.25) is 0 Å². The average Bonchev–Trinajstić information content (AvgIpc) is 3.02. The molecule has 0 radical (unpaired) electrons. The highest BCUT2D eigenvalue weighted by molar-refractivity contribution is 5.98. The Morgan fingerprint density at radius 3 is 2.29 bits per heavy atom. The molecule has 1 fully saturated rings. The van der Waals surface area contributed by atoms with Crippen molar-refractivity contribution in [3.05, 3.63) is 48.3 Å². The summed E-state index contributed by atoms with van der Waals surface area (Å²) in [7, 11) is 0. The first-order valence-electron chi connectivity index (χ1n) is 8.27. The molecule has 126 valence electrons. The zero-order valence-corrected chi connectivity index (χ0v) is 13.4. The van der Waals surface area contributed by atoms with Gasteiger partial charge in [-0.15, -0.1) is 0 Å². The van der Waals surface area contributed by atoms with Gasteiger partial charge in [-0.2, -0.15) is 5.10 Å². The van der Waals surface area contributed by atoms with Gasteiger partial charge in [-0.3, -0.25) is 4.79 Å². The molecule has 1 aromatic carbocycles. The second-order valence-corrected chi connectivity index (χ2v) is 6.25. The molecule has 1 aliphatic rings. The fraction of sp³-hybridized carbons (Fsp3) is 0.389. The molecule has 0 bridgehead atoms. The molecule has 1 aliphatic carbocycles. The highest BCUT2D eigenvalue weighted by Crippen LogP contribution is 2.28. The summed E-state index contributed by atoms with van der Waals surface area (Å²) < 4.78 is 1.70. The van der Waals surface area contributed by atoms with Gasteiger partial charge in [0, 0.05) is 18.0 Å². The third-order valence-corrected chi connectivity index (χ3v) is 4.62. The fourth-order valence-corrected chi connectivity index (χ4v) is 3.20. The minimum atomic E-state index is -1.14. The molecule has 2 aromatic rings. The van der Waals surface area contributed by atoms with Crippen LogP contribution in [0.15, 0.2) is 42.7 Å². The van der Waals surface area contributed by atoms with E-state index in [1.54, 1.807) is 35.1 Å². The van der Waals surface area contributed by atoms with E-state index < -0.39 is 11.5 Å². The first-order chi connectivity index (χ1) is 11.6. The summed E-state index contributed by atoms with van der Waals surface area (Å²) in [5.41, 5.74) is 0.156. The van der Waals surface area contributed by atoms with Crippen LogP contribution in [-0.2, 0) is 4.79 Å². The van der Waals surface area contributed by atoms with Crippen LogP contribution in [0.3, 0.4) is 0 Å². The number of carboxylic acids is 1. The second-order valence-electron chi connectivity index (χ2n) is 6.25. The fourth-order valence-electron chi connectivity index (χ4n) is 3.20. The maximum absolute atomic E-state index is 12.5. The summed E-state index contributed by atoms with van der Waals surface area (Å²) in [6.07, 6.45) is 8.16. The van der Waals surface area contributed by atoms with E-state index in [4.69, 9.17) is 0 Å². The van der Waals surface area contributed by atoms with Crippen molar-refractivity contribution in [3.63, 3.8) is 0 Å². The van der Waals surface area contributed by atoms with Crippen LogP contribution in [0.4, 0.5) is 0 Å². The van der Waals surface area contributed by atoms with Crippen LogP contribution in [0, 0.1) is 0 Å². The number of nitrogens with one attached hydrogen (secondary N) is 1. The average molecular weight is 327 g/mol. The van der Waals surface area contributed by atoms with Gasteiger partial charge in [-0.05, 0) is 43.2 Å². The van der Waals surface area contributed by atoms with Gasteiger partial charge < -0.3 is 10.4 Å². The van der Waals surface area contributed by atoms with Crippen LogP contribution in [0.25, 0.3) is 5.69 Å². The zero-order valence-electron chi connectivity index (χ0n) is 13.4. The highest BCUT2D eigenvalue weighted by Gasteiger charge is 2.40. The first-order valence-corrected chi connectivity index (χ1v) is 8.27. The van der Waals surface area contributed by atoms with Gasteiger partial charge >= 0.3 is 5.97 Å². The van der Waals surface area contributed by atoms with E-state index in [2.05, 4.69) is 10.4 Å². The maximum Gasteiger partial charge on any atom is 0.329 e. The number of nitrogens with zero attached hydrogens (tertiary/aromatic N) is 2. The molecule has 6 heteroatoms. The summed E-state index contributed by atoms with van der Waals surface area (Å²) in [4.78, 5) is 24.3. The largest absolute Gasteiger partial charge is 0.480 e. The molecule has 1 heterocycles. The normalized spacial score (nSPS) is 17.0. The number of carbonyl (C=O) groups excluding carboxylic acids is 1. The Morgan fingerprint density at radius 2 is 1.75 bits per heavy atom. The predicted octanol–water partition coefficient (Wildman–Crippen LogP) is 2.78. The number of carbonyl (C=O) groups is 2. The summed E-state index contributed by atoms with van der Waals surface area (Å²) in [5.74, 6) is -1.28. The molecule has 0 atom stereocenters. The van der Waals surface area contributed by atoms with Gasteiger partial charge in [0.1, 0.15) is 5.54 Å². The SMILES string of the molecule is O=C(NC1(C(=O)O)CCCCCC1)c1ccc(-n2cccn2)cc1. The van der Waals surface area contributed by atoms with Gasteiger partial charge in [-0.1, -0.05) is 25.7 Å². The Kier molecular flexibility index (Phi) is 4.64. The Hall–Kier alpha value is -2.63. The molecule has 2 N–H and O–H groups in total. The maximum atomic E-state index is 12.5. The van der Waals surface area contributed by atoms with Gasteiger partial charge in [0.05, 0.1) is 5.69 Å². The topological polar surface area (TPSA) is 84.2 Å². The van der Waals surface area contributed by atoms with Crippen LogP contribution in [0.5, 0.6) is 0 Å². The lowest BCUT2D eigenvalue weighted by molar-refractivity contribution is -0.145. The van der Waals surface area contributed by atoms with Gasteiger partial charge in [-0.25, -0.2) is 9.48 Å². The van der Waals surface area contributed by atoms with E-state index in [0.29, 0.717) is 18.4 Å². The minimum absolute atomic E-state index is 0.341. The van der Waals surface area contributed by atoms with E-state index in [9.17, 15) is 14.7 Å². The summed E-state index contributed by atoms with van der Waals surface area (Å²) >= 11 is 0. The lowest BCUT2D eigenvalue weighted by Crippen LogP contribution is -2.54. The van der Waals surface area contributed by atoms with Crippen LogP contribution in [0.1, 0.15) is 48.9 Å². The predicted molar refractivity (Wildman–Crippen MR) is 89.1 cm³/mol. The Labute approximate surface area is 140 Å². The van der Waals surface area contributed by atoms with Crippen molar-refractivity contribution < 1.29 is 14.7 Å². The van der Waals surface area contributed by atoms with E-state index in [0.717, 1.165) is 31.4 Å². The van der Waals surface area contributed by atoms with Crippen molar-refractivity contribution >= 4 is 11.9 Å². The molecule has 0 saturated heterocycles. The number of hydrogen-bond acceptors (Lipinski definition) is 3. The van der Waals surface area contributed by atoms with Gasteiger partial charge in [0.25, 0.3) is 5.91 Å². The lowest BCUT2D eigenvalue weighted by Gasteiger charge is -2.29. The van der Waals surface area contributed by atoms with Crippen molar-refractivity contribution in [2.24, 2.45) is 0 Å². The van der Waals surface area contributed by atoms with Crippen LogP contribution >= 0.6 is 0 Å². The third-order valence-electron chi connectivity index (χ3n) is 4.62. The molecule has 3 rings (SSSR count). The van der Waals surface area contributed by atoms with E-state index in [-0.39, 0.29) is 5.91 Å². The Bertz CT molecular complexity index is 700. The standard InChI is InChI=1S/C18H21N3O3/c22-16(20-18(17(23)24)10-3-1-2-4-11-18)14-6-8-15(9-7-14)21-13-5-12-19-21/h5-9,12-13H,1-4,10-11H2,(H,20,22)(H,23,24). The molecule has 1 saturated carbocycles. The minimum Gasteiger partial charge on any atom is -0.480 e. The Balaban J connectivity index is 1.76. The van der Waals surface area contributed by atoms with Crippen molar-refractivity contribution in [2.75, 3.05) is 0 Å². The second kappa shape index (κ2) is 6.86. The Morgan fingerprint density at radius 1 is 1.08 bits per heavy atom. The van der Waals surface area contributed by atoms with Crippen LogP contribution < -0.4 is 5.32 Å². The summed E-state index contributed by atoms with van der Waals surface area (Å²) in [6.45, 7) is 0. The number of hydrogen-bond donors (Lipinski definition) is 2. The van der Waals surface area contributed by atoms with Crippen LogP contribution in [-0.4, -0.2) is 32.3 Å². The molecular formula is C18H21N3O3. The first kappa shape index (κ1) is 16.2. The lowest BCUT2D eigenvalue weighted by atomic mass is 9.90. The quantitative estimate of drug-likeness (QED) is 0.846. The molecule has 24 heavy (non-hydrogen) atoms. The molecular weight excluding hydrogens is 306 g/mol. The van der Waals surface area contributed by atoms with Crippen molar-refractivity contribution in [1.82, 2.24) is 15.1 Å². The number of aromatic nitrogens is 2. The third kappa shape index (κ3) is 3.32. The monoisotopic (exact) mass is 327 g/mol. The summed E-state index contributed by atoms with van der Waals surface area (Å²) in [5, 5.41) is 16.6. The van der Waals surface area contributed by atoms with Gasteiger partial charge in [0.15, 0.2) is 0 Å². The van der Waals surface area contributed by atoms with Crippen molar-refractivity contribution in [1.29, 1.82) is 0 Å². The van der Waals surface area contributed by atoms with Gasteiger partial charge in [0.2, 0.25) is 0 Å². The highest BCUT2D eigenvalue weighted by atomic mass is 16.4. The molecule has 0 aliphatic heterocycles. The molecule has 1 aromatic heterocycles. The number of aliphatic carboxylic acids is 1. The molecule has 6 nitrogen and oxygen atoms in total. The number of benzene rings is 1. The van der Waals surface area contributed by atoms with Crippen molar-refractivity contribution in [2.45, 2.75) is 44.1 Å². The molecule has 0 unspecified atom stereocenters. The zero-order chi connectivity index (χ0) is 17.0. The smallest absolute Gasteiger partial charge is 0.329 e. The van der Waals surface area contributed by atoms with E-state index in [1.807, 2.05) is 12.3 Å². The van der Waals surface area contributed by atoms with E-state index >= 15 is 0 Å². The van der Waals surface area contributed by atoms with E-state index in [1.165, 1.54) is 0 Å². The molecule has 0 spiro atoms. The summed E-state index contributed by atoms with van der Waals surface area (Å²) in [6, 6.07) is 8.80.